The van der Waals surface area contributed by atoms with Crippen LogP contribution in [-0.2, 0) is 20.9 Å². The molecule has 6 heteroatoms. The van der Waals surface area contributed by atoms with E-state index in [-0.39, 0.29) is 18.6 Å². The van der Waals surface area contributed by atoms with E-state index in [1.165, 1.54) is 0 Å². The van der Waals surface area contributed by atoms with Crippen molar-refractivity contribution in [3.8, 4) is 5.75 Å². The molecule has 0 heterocycles. The fourth-order valence-corrected chi connectivity index (χ4v) is 2.55. The monoisotopic (exact) mass is 371 g/mol. The summed E-state index contributed by atoms with van der Waals surface area (Å²) in [6, 6.07) is 14.3. The van der Waals surface area contributed by atoms with Crippen LogP contribution in [-0.4, -0.2) is 32.2 Å². The third-order valence-electron chi connectivity index (χ3n) is 3.99. The second kappa shape index (κ2) is 10.3. The number of rotatable bonds is 9. The van der Waals surface area contributed by atoms with E-state index < -0.39 is 5.97 Å². The average molecular weight is 371 g/mol. The zero-order valence-corrected chi connectivity index (χ0v) is 15.9. The smallest absolute Gasteiger partial charge is 0.338 e. The Morgan fingerprint density at radius 3 is 2.52 bits per heavy atom. The van der Waals surface area contributed by atoms with E-state index in [9.17, 15) is 9.59 Å². The lowest BCUT2D eigenvalue weighted by atomic mass is 10.1. The van der Waals surface area contributed by atoms with Crippen molar-refractivity contribution in [3.05, 3.63) is 65.2 Å². The quantitative estimate of drug-likeness (QED) is 0.685. The Balaban J connectivity index is 1.92. The van der Waals surface area contributed by atoms with Gasteiger partial charge in [-0.05, 0) is 37.6 Å². The number of esters is 1. The second-order valence-electron chi connectivity index (χ2n) is 5.94. The Morgan fingerprint density at radius 2 is 1.85 bits per heavy atom. The van der Waals surface area contributed by atoms with E-state index >= 15 is 0 Å². The molecular weight excluding hydrogens is 346 g/mol. The van der Waals surface area contributed by atoms with E-state index in [1.807, 2.05) is 44.2 Å². The van der Waals surface area contributed by atoms with E-state index in [4.69, 9.17) is 14.2 Å². The number of methoxy groups -OCH3 is 1. The standard InChI is InChI=1S/C21H25NO5/c1-4-26-13-18-12-17(10-11-19(18)25-3)21(24)27-14-20(23)22-15(2)16-8-6-5-7-9-16/h5-12,15H,4,13-14H2,1-3H3,(H,22,23)/t15-/m1/s1. The van der Waals surface area contributed by atoms with Crippen LogP contribution in [0.1, 0.15) is 41.4 Å². The summed E-state index contributed by atoms with van der Waals surface area (Å²) in [7, 11) is 1.56. The number of carbonyl (C=O) groups is 2. The van der Waals surface area contributed by atoms with Crippen LogP contribution < -0.4 is 10.1 Å². The van der Waals surface area contributed by atoms with E-state index in [0.29, 0.717) is 24.5 Å². The van der Waals surface area contributed by atoms with Crippen molar-refractivity contribution in [2.24, 2.45) is 0 Å². The Hall–Kier alpha value is -2.86. The summed E-state index contributed by atoms with van der Waals surface area (Å²) in [4.78, 5) is 24.3. The van der Waals surface area contributed by atoms with Gasteiger partial charge in [-0.2, -0.15) is 0 Å². The topological polar surface area (TPSA) is 73.9 Å². The van der Waals surface area contributed by atoms with Crippen molar-refractivity contribution in [1.82, 2.24) is 5.32 Å². The van der Waals surface area contributed by atoms with Gasteiger partial charge < -0.3 is 19.5 Å². The molecule has 0 aliphatic carbocycles. The molecule has 0 aliphatic heterocycles. The highest BCUT2D eigenvalue weighted by atomic mass is 16.5. The SMILES string of the molecule is CCOCc1cc(C(=O)OCC(=O)N[C@H](C)c2ccccc2)ccc1OC. The third kappa shape index (κ3) is 6.11. The molecule has 1 N–H and O–H groups in total. The summed E-state index contributed by atoms with van der Waals surface area (Å²) in [6.07, 6.45) is 0. The maximum Gasteiger partial charge on any atom is 0.338 e. The highest BCUT2D eigenvalue weighted by molar-refractivity contribution is 5.91. The minimum Gasteiger partial charge on any atom is -0.496 e. The van der Waals surface area contributed by atoms with Gasteiger partial charge in [0.25, 0.3) is 5.91 Å². The first-order valence-corrected chi connectivity index (χ1v) is 8.81. The fraction of sp³-hybridized carbons (Fsp3) is 0.333. The van der Waals surface area contributed by atoms with Crippen molar-refractivity contribution in [3.63, 3.8) is 0 Å². The molecule has 0 aliphatic rings. The van der Waals surface area contributed by atoms with Crippen LogP contribution in [0.15, 0.2) is 48.5 Å². The minimum atomic E-state index is -0.571. The van der Waals surface area contributed by atoms with E-state index in [0.717, 1.165) is 11.1 Å². The van der Waals surface area contributed by atoms with Gasteiger partial charge in [-0.15, -0.1) is 0 Å². The van der Waals surface area contributed by atoms with Gasteiger partial charge in [0.15, 0.2) is 6.61 Å². The first-order valence-electron chi connectivity index (χ1n) is 8.81. The van der Waals surface area contributed by atoms with Crippen molar-refractivity contribution in [2.75, 3.05) is 20.3 Å². The first kappa shape index (κ1) is 20.5. The fourth-order valence-electron chi connectivity index (χ4n) is 2.55. The molecule has 27 heavy (non-hydrogen) atoms. The Kier molecular flexibility index (Phi) is 7.82. The van der Waals surface area contributed by atoms with Gasteiger partial charge in [0.2, 0.25) is 0 Å². The number of nitrogens with one attached hydrogen (secondary N) is 1. The molecule has 0 unspecified atom stereocenters. The van der Waals surface area contributed by atoms with Gasteiger partial charge in [0.05, 0.1) is 25.3 Å². The number of ether oxygens (including phenoxy) is 3. The van der Waals surface area contributed by atoms with Crippen molar-refractivity contribution in [1.29, 1.82) is 0 Å². The molecule has 6 nitrogen and oxygen atoms in total. The summed E-state index contributed by atoms with van der Waals surface area (Å²) in [5.41, 5.74) is 2.07. The zero-order chi connectivity index (χ0) is 19.6. The van der Waals surface area contributed by atoms with E-state index in [1.54, 1.807) is 25.3 Å². The average Bonchev–Trinajstić information content (AvgIpc) is 2.70. The van der Waals surface area contributed by atoms with Crippen LogP contribution in [0.25, 0.3) is 0 Å². The summed E-state index contributed by atoms with van der Waals surface area (Å²) >= 11 is 0. The zero-order valence-electron chi connectivity index (χ0n) is 15.9. The number of carbonyl (C=O) groups excluding carboxylic acids is 2. The molecule has 2 aromatic carbocycles. The molecule has 0 bridgehead atoms. The highest BCUT2D eigenvalue weighted by Crippen LogP contribution is 2.21. The molecule has 0 saturated carbocycles. The normalized spacial score (nSPS) is 11.5. The minimum absolute atomic E-state index is 0.170. The van der Waals surface area contributed by atoms with Crippen LogP contribution in [0.5, 0.6) is 5.75 Å². The van der Waals surface area contributed by atoms with Gasteiger partial charge in [0, 0.05) is 12.2 Å². The number of benzene rings is 2. The van der Waals surface area contributed by atoms with Gasteiger partial charge in [-0.3, -0.25) is 4.79 Å². The number of hydrogen-bond acceptors (Lipinski definition) is 5. The largest absolute Gasteiger partial charge is 0.496 e. The summed E-state index contributed by atoms with van der Waals surface area (Å²) < 4.78 is 15.8. The molecular formula is C21H25NO5. The van der Waals surface area contributed by atoms with Crippen LogP contribution in [0, 0.1) is 0 Å². The predicted molar refractivity (Wildman–Crippen MR) is 102 cm³/mol. The molecule has 2 rings (SSSR count). The number of amides is 1. The van der Waals surface area contributed by atoms with Crippen LogP contribution in [0.4, 0.5) is 0 Å². The molecule has 2 aromatic rings. The van der Waals surface area contributed by atoms with Gasteiger partial charge >= 0.3 is 5.97 Å². The highest BCUT2D eigenvalue weighted by Gasteiger charge is 2.15. The maximum atomic E-state index is 12.2. The van der Waals surface area contributed by atoms with Crippen LogP contribution in [0.3, 0.4) is 0 Å². The lowest BCUT2D eigenvalue weighted by Gasteiger charge is -2.14. The maximum absolute atomic E-state index is 12.2. The summed E-state index contributed by atoms with van der Waals surface area (Å²) in [5, 5.41) is 2.80. The molecule has 144 valence electrons. The van der Waals surface area contributed by atoms with Crippen LogP contribution >= 0.6 is 0 Å². The predicted octanol–water partition coefficient (Wildman–Crippen LogP) is 3.27. The lowest BCUT2D eigenvalue weighted by Crippen LogP contribution is -2.31. The molecule has 1 amide bonds. The van der Waals surface area contributed by atoms with Crippen LogP contribution in [0.2, 0.25) is 0 Å². The van der Waals surface area contributed by atoms with Gasteiger partial charge in [-0.1, -0.05) is 30.3 Å². The third-order valence-corrected chi connectivity index (χ3v) is 3.99. The van der Waals surface area contributed by atoms with E-state index in [2.05, 4.69) is 5.32 Å². The summed E-state index contributed by atoms with van der Waals surface area (Å²) in [6.45, 7) is 4.30. The Labute approximate surface area is 159 Å². The second-order valence-corrected chi connectivity index (χ2v) is 5.94. The van der Waals surface area contributed by atoms with Crippen molar-refractivity contribution < 1.29 is 23.8 Å². The van der Waals surface area contributed by atoms with Gasteiger partial charge in [-0.25, -0.2) is 4.79 Å². The summed E-state index contributed by atoms with van der Waals surface area (Å²) in [5.74, 6) is -0.296. The molecule has 0 fully saturated rings. The Morgan fingerprint density at radius 1 is 1.11 bits per heavy atom. The molecule has 0 aromatic heterocycles. The molecule has 0 saturated heterocycles. The first-order chi connectivity index (χ1) is 13.0. The Bertz CT molecular complexity index is 760. The molecule has 1 atom stereocenters. The lowest BCUT2D eigenvalue weighted by molar-refractivity contribution is -0.124. The number of hydrogen-bond donors (Lipinski definition) is 1. The van der Waals surface area contributed by atoms with Crippen molar-refractivity contribution >= 4 is 11.9 Å². The van der Waals surface area contributed by atoms with Gasteiger partial charge in [0.1, 0.15) is 5.75 Å². The molecule has 0 spiro atoms. The molecule has 0 radical (unpaired) electrons. The van der Waals surface area contributed by atoms with Crippen molar-refractivity contribution in [2.45, 2.75) is 26.5 Å².